The average Bonchev–Trinajstić information content (AvgIpc) is 2.34. The lowest BCUT2D eigenvalue weighted by Crippen LogP contribution is -2.34. The normalized spacial score (nSPS) is 13.7. The second kappa shape index (κ2) is 6.21. The minimum atomic E-state index is -1.67. The predicted octanol–water partition coefficient (Wildman–Crippen LogP) is 0.264. The highest BCUT2D eigenvalue weighted by molar-refractivity contribution is 5.72. The zero-order chi connectivity index (χ0) is 14.6. The number of amides is 1. The largest absolute Gasteiger partial charge is 0.388 e. The molecule has 0 aromatic heterocycles. The third-order valence-electron chi connectivity index (χ3n) is 2.45. The van der Waals surface area contributed by atoms with Gasteiger partial charge in [0.25, 0.3) is 0 Å². The van der Waals surface area contributed by atoms with Gasteiger partial charge in [-0.1, -0.05) is 12.1 Å². The van der Waals surface area contributed by atoms with Gasteiger partial charge in [-0.3, -0.25) is 14.9 Å². The van der Waals surface area contributed by atoms with E-state index in [1.54, 1.807) is 0 Å². The van der Waals surface area contributed by atoms with E-state index in [2.05, 4.69) is 5.32 Å². The van der Waals surface area contributed by atoms with Gasteiger partial charge in [-0.15, -0.1) is 0 Å². The predicted molar refractivity (Wildman–Crippen MR) is 62.7 cm³/mol. The maximum atomic E-state index is 13.7. The molecule has 0 aliphatic rings. The molecule has 1 aromatic carbocycles. The van der Waals surface area contributed by atoms with Crippen molar-refractivity contribution in [1.29, 1.82) is 0 Å². The van der Waals surface area contributed by atoms with Gasteiger partial charge >= 0.3 is 5.69 Å². The lowest BCUT2D eigenvalue weighted by Gasteiger charge is -2.18. The van der Waals surface area contributed by atoms with Crippen molar-refractivity contribution in [2.45, 2.75) is 19.1 Å². The van der Waals surface area contributed by atoms with E-state index in [0.717, 1.165) is 12.1 Å². The Balaban J connectivity index is 2.93. The lowest BCUT2D eigenvalue weighted by atomic mass is 10.0. The summed E-state index contributed by atoms with van der Waals surface area (Å²) >= 11 is 0. The molecule has 0 aliphatic carbocycles. The molecule has 0 saturated carbocycles. The van der Waals surface area contributed by atoms with Gasteiger partial charge in [0, 0.05) is 25.1 Å². The molecule has 0 bridgehead atoms. The second-order valence-corrected chi connectivity index (χ2v) is 3.89. The number of rotatable bonds is 5. The summed E-state index contributed by atoms with van der Waals surface area (Å²) < 4.78 is 13.7. The fourth-order valence-electron chi connectivity index (χ4n) is 1.47. The van der Waals surface area contributed by atoms with Crippen molar-refractivity contribution < 1.29 is 24.3 Å². The van der Waals surface area contributed by atoms with Gasteiger partial charge in [0.15, 0.2) is 0 Å². The van der Waals surface area contributed by atoms with Crippen molar-refractivity contribution in [3.05, 3.63) is 39.7 Å². The van der Waals surface area contributed by atoms with Crippen molar-refractivity contribution in [2.75, 3.05) is 6.54 Å². The van der Waals surface area contributed by atoms with E-state index in [-0.39, 0.29) is 6.54 Å². The smallest absolute Gasteiger partial charge is 0.305 e. The monoisotopic (exact) mass is 272 g/mol. The van der Waals surface area contributed by atoms with Gasteiger partial charge in [0.05, 0.1) is 4.92 Å². The number of aliphatic hydroxyl groups excluding tert-OH is 2. The Morgan fingerprint density at radius 1 is 1.53 bits per heavy atom. The standard InChI is InChI=1S/C11H13FN2O5/c1-6(15)13-5-9(16)11(17)7-3-2-4-8(10(7)12)14(18)19/h2-4,9,11,16-17H,5H2,1H3,(H,13,15). The summed E-state index contributed by atoms with van der Waals surface area (Å²) in [6.07, 6.45) is -3.15. The summed E-state index contributed by atoms with van der Waals surface area (Å²) in [6, 6.07) is 3.28. The third kappa shape index (κ3) is 3.70. The Morgan fingerprint density at radius 2 is 2.16 bits per heavy atom. The van der Waals surface area contributed by atoms with Gasteiger partial charge in [0.1, 0.15) is 12.2 Å². The minimum absolute atomic E-state index is 0.293. The second-order valence-electron chi connectivity index (χ2n) is 3.89. The van der Waals surface area contributed by atoms with E-state index in [0.29, 0.717) is 0 Å². The van der Waals surface area contributed by atoms with Crippen LogP contribution in [-0.2, 0) is 4.79 Å². The van der Waals surface area contributed by atoms with Crippen LogP contribution in [0.5, 0.6) is 0 Å². The SMILES string of the molecule is CC(=O)NCC(O)C(O)c1cccc([N+](=O)[O-])c1F. The van der Waals surface area contributed by atoms with E-state index in [9.17, 15) is 29.5 Å². The molecule has 0 radical (unpaired) electrons. The van der Waals surface area contributed by atoms with Crippen LogP contribution in [0.15, 0.2) is 18.2 Å². The van der Waals surface area contributed by atoms with Gasteiger partial charge in [-0.2, -0.15) is 4.39 Å². The number of nitro groups is 1. The van der Waals surface area contributed by atoms with Gasteiger partial charge < -0.3 is 15.5 Å². The van der Waals surface area contributed by atoms with E-state index >= 15 is 0 Å². The van der Waals surface area contributed by atoms with Gasteiger partial charge in [-0.25, -0.2) is 0 Å². The van der Waals surface area contributed by atoms with Gasteiger partial charge in [-0.05, 0) is 0 Å². The molecule has 2 unspecified atom stereocenters. The maximum Gasteiger partial charge on any atom is 0.305 e. The zero-order valence-corrected chi connectivity index (χ0v) is 10.0. The number of nitro benzene ring substituents is 1. The van der Waals surface area contributed by atoms with Crippen LogP contribution in [-0.4, -0.2) is 33.7 Å². The van der Waals surface area contributed by atoms with Crippen LogP contribution in [0.25, 0.3) is 0 Å². The molecular formula is C11H13FN2O5. The number of hydrogen-bond acceptors (Lipinski definition) is 5. The summed E-state index contributed by atoms with van der Waals surface area (Å²) in [4.78, 5) is 20.3. The number of hydrogen-bond donors (Lipinski definition) is 3. The van der Waals surface area contributed by atoms with Crippen LogP contribution in [0.4, 0.5) is 10.1 Å². The van der Waals surface area contributed by atoms with E-state index < -0.39 is 40.1 Å². The topological polar surface area (TPSA) is 113 Å². The van der Waals surface area contributed by atoms with Crippen molar-refractivity contribution in [3.63, 3.8) is 0 Å². The number of aliphatic hydroxyl groups is 2. The summed E-state index contributed by atoms with van der Waals surface area (Å²) in [6.45, 7) is 0.922. The van der Waals surface area contributed by atoms with E-state index in [1.165, 1.54) is 13.0 Å². The molecule has 0 fully saturated rings. The Kier molecular flexibility index (Phi) is 4.90. The fraction of sp³-hybridized carbons (Fsp3) is 0.364. The molecule has 0 saturated heterocycles. The number of carbonyl (C=O) groups is 1. The number of benzene rings is 1. The van der Waals surface area contributed by atoms with E-state index in [4.69, 9.17) is 0 Å². The van der Waals surface area contributed by atoms with Crippen molar-refractivity contribution in [1.82, 2.24) is 5.32 Å². The third-order valence-corrected chi connectivity index (χ3v) is 2.45. The molecule has 1 aromatic rings. The van der Waals surface area contributed by atoms with Gasteiger partial charge in [0.2, 0.25) is 11.7 Å². The molecule has 7 nitrogen and oxygen atoms in total. The molecule has 0 aliphatic heterocycles. The van der Waals surface area contributed by atoms with Crippen molar-refractivity contribution >= 4 is 11.6 Å². The first-order valence-electron chi connectivity index (χ1n) is 5.38. The highest BCUT2D eigenvalue weighted by atomic mass is 19.1. The number of carbonyl (C=O) groups excluding carboxylic acids is 1. The molecule has 8 heteroatoms. The lowest BCUT2D eigenvalue weighted by molar-refractivity contribution is -0.387. The van der Waals surface area contributed by atoms with Crippen LogP contribution < -0.4 is 5.32 Å². The molecule has 2 atom stereocenters. The zero-order valence-electron chi connectivity index (χ0n) is 10.0. The Bertz CT molecular complexity index is 494. The molecule has 1 amide bonds. The molecule has 1 rings (SSSR count). The summed E-state index contributed by atoms with van der Waals surface area (Å²) in [5.74, 6) is -1.63. The molecule has 3 N–H and O–H groups in total. The summed E-state index contributed by atoms with van der Waals surface area (Å²) in [5.41, 5.74) is -1.18. The van der Waals surface area contributed by atoms with Crippen molar-refractivity contribution in [3.8, 4) is 0 Å². The number of halogens is 1. The maximum absolute atomic E-state index is 13.7. The van der Waals surface area contributed by atoms with Crippen LogP contribution >= 0.6 is 0 Å². The molecule has 19 heavy (non-hydrogen) atoms. The Morgan fingerprint density at radius 3 is 2.68 bits per heavy atom. The average molecular weight is 272 g/mol. The highest BCUT2D eigenvalue weighted by Gasteiger charge is 2.26. The molecular weight excluding hydrogens is 259 g/mol. The number of nitrogens with one attached hydrogen (secondary N) is 1. The highest BCUT2D eigenvalue weighted by Crippen LogP contribution is 2.26. The van der Waals surface area contributed by atoms with Crippen LogP contribution in [0.1, 0.15) is 18.6 Å². The summed E-state index contributed by atoms with van der Waals surface area (Å²) in [7, 11) is 0. The van der Waals surface area contributed by atoms with Crippen LogP contribution in [0.3, 0.4) is 0 Å². The van der Waals surface area contributed by atoms with Crippen LogP contribution in [0.2, 0.25) is 0 Å². The first-order chi connectivity index (χ1) is 8.84. The summed E-state index contributed by atoms with van der Waals surface area (Å²) in [5, 5.41) is 32.1. The minimum Gasteiger partial charge on any atom is -0.388 e. The van der Waals surface area contributed by atoms with Crippen LogP contribution in [0, 0.1) is 15.9 Å². The Labute approximate surface area is 107 Å². The molecule has 104 valence electrons. The molecule has 0 heterocycles. The first-order valence-corrected chi connectivity index (χ1v) is 5.38. The first kappa shape index (κ1) is 15.0. The molecule has 0 spiro atoms. The Hall–Kier alpha value is -2.06. The van der Waals surface area contributed by atoms with E-state index in [1.807, 2.05) is 0 Å². The van der Waals surface area contributed by atoms with Crippen molar-refractivity contribution in [2.24, 2.45) is 0 Å². The fourth-order valence-corrected chi connectivity index (χ4v) is 1.47. The number of nitrogens with zero attached hydrogens (tertiary/aromatic N) is 1. The quantitative estimate of drug-likeness (QED) is 0.526.